The zero-order valence-electron chi connectivity index (χ0n) is 13.7. The summed E-state index contributed by atoms with van der Waals surface area (Å²) in [5.41, 5.74) is 6.29. The molecule has 0 saturated heterocycles. The number of benzene rings is 2. The molecule has 0 spiro atoms. The molecule has 4 rings (SSSR count). The van der Waals surface area contributed by atoms with Crippen molar-refractivity contribution in [2.45, 2.75) is 0 Å². The third-order valence-corrected chi connectivity index (χ3v) is 5.20. The van der Waals surface area contributed by atoms with Crippen LogP contribution in [0.25, 0.3) is 33.6 Å². The van der Waals surface area contributed by atoms with Crippen LogP contribution in [-0.4, -0.2) is 9.97 Å². The van der Waals surface area contributed by atoms with Gasteiger partial charge in [0.1, 0.15) is 0 Å². The van der Waals surface area contributed by atoms with Gasteiger partial charge >= 0.3 is 0 Å². The van der Waals surface area contributed by atoms with Gasteiger partial charge in [-0.3, -0.25) is 4.98 Å². The number of pyridine rings is 2. The minimum Gasteiger partial charge on any atom is -0.265 e. The molecule has 26 heavy (non-hydrogen) atoms. The van der Waals surface area contributed by atoms with E-state index >= 15 is 0 Å². The van der Waals surface area contributed by atoms with E-state index in [4.69, 9.17) is 4.98 Å². The SMILES string of the molecule is Brc1ccc(-c2ccc(-c3ccncc3)nc2-c2ccc(Br)cc2)cc1. The molecule has 2 heterocycles. The van der Waals surface area contributed by atoms with Gasteiger partial charge in [0.25, 0.3) is 0 Å². The molecular formula is C22H14Br2N2. The van der Waals surface area contributed by atoms with Gasteiger partial charge in [-0.25, -0.2) is 4.98 Å². The summed E-state index contributed by atoms with van der Waals surface area (Å²) in [5, 5.41) is 0. The van der Waals surface area contributed by atoms with E-state index in [9.17, 15) is 0 Å². The first-order valence-corrected chi connectivity index (χ1v) is 9.73. The first-order chi connectivity index (χ1) is 12.7. The predicted molar refractivity (Wildman–Crippen MR) is 114 cm³/mol. The van der Waals surface area contributed by atoms with Gasteiger partial charge in [0, 0.05) is 38.0 Å². The largest absolute Gasteiger partial charge is 0.265 e. The van der Waals surface area contributed by atoms with Gasteiger partial charge in [-0.15, -0.1) is 0 Å². The maximum atomic E-state index is 4.99. The molecule has 0 fully saturated rings. The van der Waals surface area contributed by atoms with Crippen molar-refractivity contribution in [1.29, 1.82) is 0 Å². The van der Waals surface area contributed by atoms with Gasteiger partial charge < -0.3 is 0 Å². The van der Waals surface area contributed by atoms with Crippen LogP contribution in [0.4, 0.5) is 0 Å². The van der Waals surface area contributed by atoms with Crippen LogP contribution >= 0.6 is 31.9 Å². The molecule has 0 N–H and O–H groups in total. The van der Waals surface area contributed by atoms with Gasteiger partial charge in [0.15, 0.2) is 0 Å². The van der Waals surface area contributed by atoms with E-state index in [1.54, 1.807) is 12.4 Å². The highest BCUT2D eigenvalue weighted by Crippen LogP contribution is 2.34. The van der Waals surface area contributed by atoms with Gasteiger partial charge in [-0.1, -0.05) is 62.2 Å². The third kappa shape index (κ3) is 3.62. The second kappa shape index (κ2) is 7.52. The van der Waals surface area contributed by atoms with Crippen LogP contribution in [0, 0.1) is 0 Å². The second-order valence-corrected chi connectivity index (χ2v) is 7.67. The first-order valence-electron chi connectivity index (χ1n) is 8.14. The van der Waals surface area contributed by atoms with Crippen molar-refractivity contribution in [3.05, 3.63) is 94.1 Å². The lowest BCUT2D eigenvalue weighted by Gasteiger charge is -2.12. The van der Waals surface area contributed by atoms with Crippen molar-refractivity contribution < 1.29 is 0 Å². The van der Waals surface area contributed by atoms with Crippen LogP contribution in [0.15, 0.2) is 94.1 Å². The Balaban J connectivity index is 1.90. The van der Waals surface area contributed by atoms with E-state index in [2.05, 4.69) is 85.4 Å². The number of halogens is 2. The molecule has 4 aromatic rings. The van der Waals surface area contributed by atoms with E-state index in [1.807, 2.05) is 24.3 Å². The summed E-state index contributed by atoms with van der Waals surface area (Å²) in [6.45, 7) is 0. The molecule has 126 valence electrons. The van der Waals surface area contributed by atoms with Gasteiger partial charge in [0.2, 0.25) is 0 Å². The van der Waals surface area contributed by atoms with Crippen LogP contribution in [0.1, 0.15) is 0 Å². The Morgan fingerprint density at radius 2 is 1.12 bits per heavy atom. The molecular weight excluding hydrogens is 452 g/mol. The summed E-state index contributed by atoms with van der Waals surface area (Å²) >= 11 is 7.01. The molecule has 0 aliphatic rings. The Labute approximate surface area is 169 Å². The van der Waals surface area contributed by atoms with E-state index < -0.39 is 0 Å². The van der Waals surface area contributed by atoms with E-state index in [0.717, 1.165) is 42.6 Å². The average Bonchev–Trinajstić information content (AvgIpc) is 2.70. The minimum absolute atomic E-state index is 0.936. The highest BCUT2D eigenvalue weighted by molar-refractivity contribution is 9.10. The third-order valence-electron chi connectivity index (χ3n) is 4.14. The van der Waals surface area contributed by atoms with Crippen molar-refractivity contribution in [3.8, 4) is 33.6 Å². The Morgan fingerprint density at radius 1 is 0.538 bits per heavy atom. The number of rotatable bonds is 3. The molecule has 2 aromatic carbocycles. The summed E-state index contributed by atoms with van der Waals surface area (Å²) in [4.78, 5) is 9.08. The number of hydrogen-bond acceptors (Lipinski definition) is 2. The fourth-order valence-corrected chi connectivity index (χ4v) is 3.36. The van der Waals surface area contributed by atoms with Gasteiger partial charge in [-0.2, -0.15) is 0 Å². The van der Waals surface area contributed by atoms with E-state index in [1.165, 1.54) is 0 Å². The normalized spacial score (nSPS) is 10.7. The quantitative estimate of drug-likeness (QED) is 0.325. The summed E-state index contributed by atoms with van der Waals surface area (Å²) < 4.78 is 2.12. The molecule has 0 radical (unpaired) electrons. The number of nitrogens with zero attached hydrogens (tertiary/aromatic N) is 2. The monoisotopic (exact) mass is 464 g/mol. The molecule has 0 aliphatic carbocycles. The number of hydrogen-bond donors (Lipinski definition) is 0. The standard InChI is InChI=1S/C22H14Br2N2/c23-18-5-1-15(2-6-18)20-9-10-21(16-11-13-25-14-12-16)26-22(20)17-3-7-19(24)8-4-17/h1-14H. The molecule has 0 aliphatic heterocycles. The van der Waals surface area contributed by atoms with E-state index in [-0.39, 0.29) is 0 Å². The minimum atomic E-state index is 0.936. The maximum Gasteiger partial charge on any atom is 0.0787 e. The molecule has 4 heteroatoms. The summed E-state index contributed by atoms with van der Waals surface area (Å²) in [5.74, 6) is 0. The van der Waals surface area contributed by atoms with Crippen molar-refractivity contribution in [2.24, 2.45) is 0 Å². The molecule has 0 amide bonds. The Bertz CT molecular complexity index is 1030. The Hall–Kier alpha value is -2.30. The van der Waals surface area contributed by atoms with Gasteiger partial charge in [0.05, 0.1) is 11.4 Å². The van der Waals surface area contributed by atoms with Crippen molar-refractivity contribution in [3.63, 3.8) is 0 Å². The predicted octanol–water partition coefficient (Wildman–Crippen LogP) is 7.00. The molecule has 2 nitrogen and oxygen atoms in total. The fourth-order valence-electron chi connectivity index (χ4n) is 2.83. The average molecular weight is 466 g/mol. The molecule has 0 unspecified atom stereocenters. The molecule has 0 bridgehead atoms. The highest BCUT2D eigenvalue weighted by atomic mass is 79.9. The highest BCUT2D eigenvalue weighted by Gasteiger charge is 2.12. The second-order valence-electron chi connectivity index (χ2n) is 5.84. The van der Waals surface area contributed by atoms with Crippen LogP contribution in [0.2, 0.25) is 0 Å². The summed E-state index contributed by atoms with van der Waals surface area (Å²) in [6.07, 6.45) is 3.58. The summed E-state index contributed by atoms with van der Waals surface area (Å²) in [7, 11) is 0. The zero-order chi connectivity index (χ0) is 17.9. The number of aromatic nitrogens is 2. The lowest BCUT2D eigenvalue weighted by molar-refractivity contribution is 1.29. The Kier molecular flexibility index (Phi) is 4.96. The zero-order valence-corrected chi connectivity index (χ0v) is 16.9. The van der Waals surface area contributed by atoms with Crippen molar-refractivity contribution in [2.75, 3.05) is 0 Å². The summed E-state index contributed by atoms with van der Waals surface area (Å²) in [6, 6.07) is 24.7. The van der Waals surface area contributed by atoms with Crippen LogP contribution in [-0.2, 0) is 0 Å². The first kappa shape index (κ1) is 17.1. The van der Waals surface area contributed by atoms with Crippen LogP contribution in [0.3, 0.4) is 0 Å². The fraction of sp³-hybridized carbons (Fsp3) is 0. The molecule has 0 saturated carbocycles. The van der Waals surface area contributed by atoms with Crippen molar-refractivity contribution in [1.82, 2.24) is 9.97 Å². The molecule has 0 atom stereocenters. The van der Waals surface area contributed by atoms with Crippen molar-refractivity contribution >= 4 is 31.9 Å². The smallest absolute Gasteiger partial charge is 0.0787 e. The lowest BCUT2D eigenvalue weighted by atomic mass is 9.98. The molecule has 2 aromatic heterocycles. The van der Waals surface area contributed by atoms with Crippen LogP contribution < -0.4 is 0 Å². The Morgan fingerprint density at radius 3 is 1.73 bits per heavy atom. The maximum absolute atomic E-state index is 4.99. The van der Waals surface area contributed by atoms with E-state index in [0.29, 0.717) is 0 Å². The topological polar surface area (TPSA) is 25.8 Å². The van der Waals surface area contributed by atoms with Gasteiger partial charge in [-0.05, 0) is 48.0 Å². The lowest BCUT2D eigenvalue weighted by Crippen LogP contribution is -1.93. The van der Waals surface area contributed by atoms with Crippen LogP contribution in [0.5, 0.6) is 0 Å².